The lowest BCUT2D eigenvalue weighted by atomic mass is 10.0. The molecule has 0 heterocycles. The fraction of sp³-hybridized carbons (Fsp3) is 0.364. The molecule has 0 saturated heterocycles. The van der Waals surface area contributed by atoms with E-state index in [4.69, 9.17) is 16.3 Å². The van der Waals surface area contributed by atoms with Crippen LogP contribution in [0.15, 0.2) is 54.6 Å². The lowest BCUT2D eigenvalue weighted by Gasteiger charge is -2.19. The molecule has 0 aliphatic heterocycles. The largest absolute Gasteiger partial charge is 0.463 e. The van der Waals surface area contributed by atoms with Crippen LogP contribution in [0.2, 0.25) is 5.02 Å². The van der Waals surface area contributed by atoms with Gasteiger partial charge in [0.25, 0.3) is 0 Å². The number of hydrogen-bond acceptors (Lipinski definition) is 3. The van der Waals surface area contributed by atoms with Crippen LogP contribution in [-0.2, 0) is 14.3 Å². The Labute approximate surface area is 164 Å². The van der Waals surface area contributed by atoms with E-state index in [0.29, 0.717) is 5.02 Å². The third-order valence-corrected chi connectivity index (χ3v) is 5.03. The van der Waals surface area contributed by atoms with Crippen molar-refractivity contribution in [3.05, 3.63) is 70.7 Å². The normalized spacial score (nSPS) is 19.4. The number of rotatable bonds is 7. The van der Waals surface area contributed by atoms with Gasteiger partial charge in [-0.1, -0.05) is 60.1 Å². The fourth-order valence-corrected chi connectivity index (χ4v) is 3.57. The van der Waals surface area contributed by atoms with Crippen LogP contribution >= 0.6 is 11.6 Å². The topological polar surface area (TPSA) is 55.4 Å². The first kappa shape index (κ1) is 19.4. The highest BCUT2D eigenvalue weighted by Gasteiger charge is 2.45. The molecule has 0 bridgehead atoms. The van der Waals surface area contributed by atoms with E-state index >= 15 is 0 Å². The van der Waals surface area contributed by atoms with Crippen molar-refractivity contribution in [2.75, 3.05) is 0 Å². The maximum absolute atomic E-state index is 12.8. The molecular formula is C22H24ClNO3. The maximum atomic E-state index is 12.8. The van der Waals surface area contributed by atoms with E-state index in [1.54, 1.807) is 0 Å². The Balaban J connectivity index is 1.68. The number of carbonyl (C=O) groups excluding carboxylic acids is 2. The van der Waals surface area contributed by atoms with Gasteiger partial charge in [0.15, 0.2) is 0 Å². The van der Waals surface area contributed by atoms with Crippen LogP contribution < -0.4 is 5.32 Å². The summed E-state index contributed by atoms with van der Waals surface area (Å²) < 4.78 is 5.26. The molecule has 0 radical (unpaired) electrons. The Morgan fingerprint density at radius 1 is 1.11 bits per heavy atom. The van der Waals surface area contributed by atoms with E-state index in [0.717, 1.165) is 17.5 Å². The van der Waals surface area contributed by atoms with Crippen molar-refractivity contribution in [2.24, 2.45) is 5.92 Å². The Hall–Kier alpha value is -2.33. The maximum Gasteiger partial charge on any atom is 0.308 e. The minimum Gasteiger partial charge on any atom is -0.463 e. The first-order valence-electron chi connectivity index (χ1n) is 9.25. The van der Waals surface area contributed by atoms with Gasteiger partial charge in [-0.3, -0.25) is 9.59 Å². The number of esters is 1. The summed E-state index contributed by atoms with van der Waals surface area (Å²) in [6.45, 7) is 3.62. The molecular weight excluding hydrogens is 362 g/mol. The second kappa shape index (κ2) is 8.57. The third kappa shape index (κ3) is 5.10. The van der Waals surface area contributed by atoms with Crippen molar-refractivity contribution in [1.29, 1.82) is 0 Å². The molecule has 1 fully saturated rings. The third-order valence-electron chi connectivity index (χ3n) is 4.69. The number of halogens is 1. The predicted molar refractivity (Wildman–Crippen MR) is 105 cm³/mol. The Bertz CT molecular complexity index is 806. The molecule has 2 aromatic carbocycles. The number of carbonyl (C=O) groups is 2. The summed E-state index contributed by atoms with van der Waals surface area (Å²) in [5, 5.41) is 3.73. The van der Waals surface area contributed by atoms with Gasteiger partial charge in [-0.2, -0.15) is 0 Å². The zero-order valence-corrected chi connectivity index (χ0v) is 16.3. The van der Waals surface area contributed by atoms with Gasteiger partial charge in [0.2, 0.25) is 5.91 Å². The number of benzene rings is 2. The molecule has 5 heteroatoms. The van der Waals surface area contributed by atoms with Gasteiger partial charge in [-0.15, -0.1) is 0 Å². The first-order chi connectivity index (χ1) is 13.0. The minimum atomic E-state index is -0.405. The summed E-state index contributed by atoms with van der Waals surface area (Å²) in [5.74, 6) is -0.348. The van der Waals surface area contributed by atoms with Gasteiger partial charge in [0.05, 0.1) is 18.6 Å². The molecule has 3 unspecified atom stereocenters. The van der Waals surface area contributed by atoms with Gasteiger partial charge in [-0.05, 0) is 43.4 Å². The summed E-state index contributed by atoms with van der Waals surface area (Å²) in [7, 11) is 0. The van der Waals surface area contributed by atoms with Crippen LogP contribution in [0.3, 0.4) is 0 Å². The lowest BCUT2D eigenvalue weighted by Crippen LogP contribution is -2.32. The summed E-state index contributed by atoms with van der Waals surface area (Å²) >= 11 is 6.26. The molecule has 27 heavy (non-hydrogen) atoms. The summed E-state index contributed by atoms with van der Waals surface area (Å²) in [4.78, 5) is 24.9. The average Bonchev–Trinajstić information content (AvgIpc) is 3.42. The summed E-state index contributed by atoms with van der Waals surface area (Å²) in [5.41, 5.74) is 1.90. The minimum absolute atomic E-state index is 0.0499. The Morgan fingerprint density at radius 3 is 2.44 bits per heavy atom. The van der Waals surface area contributed by atoms with Crippen molar-refractivity contribution in [3.63, 3.8) is 0 Å². The van der Waals surface area contributed by atoms with Crippen molar-refractivity contribution in [1.82, 2.24) is 5.32 Å². The summed E-state index contributed by atoms with van der Waals surface area (Å²) in [6, 6.07) is 16.7. The molecule has 3 atom stereocenters. The molecule has 1 N–H and O–H groups in total. The Kier molecular flexibility index (Phi) is 6.17. The monoisotopic (exact) mass is 385 g/mol. The van der Waals surface area contributed by atoms with E-state index in [9.17, 15) is 9.59 Å². The number of hydrogen-bond donors (Lipinski definition) is 1. The molecule has 1 aliphatic rings. The van der Waals surface area contributed by atoms with E-state index in [-0.39, 0.29) is 36.2 Å². The molecule has 0 spiro atoms. The van der Waals surface area contributed by atoms with Crippen molar-refractivity contribution < 1.29 is 14.3 Å². The Morgan fingerprint density at radius 2 is 1.78 bits per heavy atom. The molecule has 142 valence electrons. The zero-order chi connectivity index (χ0) is 19.4. The molecule has 3 rings (SSSR count). The van der Waals surface area contributed by atoms with Crippen LogP contribution in [0.4, 0.5) is 0 Å². The van der Waals surface area contributed by atoms with Crippen molar-refractivity contribution >= 4 is 23.5 Å². The summed E-state index contributed by atoms with van der Waals surface area (Å²) in [6.07, 6.45) is 0.697. The van der Waals surface area contributed by atoms with E-state index < -0.39 is 6.04 Å². The number of amides is 1. The second-order valence-corrected chi connectivity index (χ2v) is 7.59. The van der Waals surface area contributed by atoms with Crippen LogP contribution in [-0.4, -0.2) is 18.0 Å². The average molecular weight is 386 g/mol. The van der Waals surface area contributed by atoms with Crippen molar-refractivity contribution in [2.45, 2.75) is 44.8 Å². The molecule has 4 nitrogen and oxygen atoms in total. The van der Waals surface area contributed by atoms with Crippen LogP contribution in [0.25, 0.3) is 0 Å². The highest BCUT2D eigenvalue weighted by Crippen LogP contribution is 2.49. The second-order valence-electron chi connectivity index (χ2n) is 7.18. The van der Waals surface area contributed by atoms with Gasteiger partial charge in [0, 0.05) is 10.9 Å². The quantitative estimate of drug-likeness (QED) is 0.706. The smallest absolute Gasteiger partial charge is 0.308 e. The van der Waals surface area contributed by atoms with Gasteiger partial charge in [0.1, 0.15) is 0 Å². The van der Waals surface area contributed by atoms with E-state index in [1.807, 2.05) is 68.4 Å². The molecule has 1 aliphatic carbocycles. The highest BCUT2D eigenvalue weighted by atomic mass is 35.5. The van der Waals surface area contributed by atoms with Gasteiger partial charge < -0.3 is 10.1 Å². The highest BCUT2D eigenvalue weighted by molar-refractivity contribution is 6.31. The lowest BCUT2D eigenvalue weighted by molar-refractivity contribution is -0.148. The van der Waals surface area contributed by atoms with Crippen LogP contribution in [0.5, 0.6) is 0 Å². The zero-order valence-electron chi connectivity index (χ0n) is 15.5. The van der Waals surface area contributed by atoms with E-state index in [1.165, 1.54) is 0 Å². The van der Waals surface area contributed by atoms with Crippen LogP contribution in [0.1, 0.15) is 49.8 Å². The SMILES string of the molecule is CC(C)OC(=O)CC(NC(=O)C1CC1c1ccccc1Cl)c1ccccc1. The van der Waals surface area contributed by atoms with Gasteiger partial charge in [-0.25, -0.2) is 0 Å². The number of nitrogens with one attached hydrogen (secondary N) is 1. The molecule has 2 aromatic rings. The van der Waals surface area contributed by atoms with E-state index in [2.05, 4.69) is 5.32 Å². The number of ether oxygens (including phenoxy) is 1. The van der Waals surface area contributed by atoms with Crippen molar-refractivity contribution in [3.8, 4) is 0 Å². The molecule has 1 amide bonds. The molecule has 0 aromatic heterocycles. The van der Waals surface area contributed by atoms with Crippen LogP contribution in [0, 0.1) is 5.92 Å². The predicted octanol–water partition coefficient (Wildman–Crippen LogP) is 4.64. The fourth-order valence-electron chi connectivity index (χ4n) is 3.30. The molecule has 1 saturated carbocycles. The standard InChI is InChI=1S/C22H24ClNO3/c1-14(2)27-21(25)13-20(15-8-4-3-5-9-15)24-22(26)18-12-17(18)16-10-6-7-11-19(16)23/h3-11,14,17-18,20H,12-13H2,1-2H3,(H,24,26). The van der Waals surface area contributed by atoms with Gasteiger partial charge >= 0.3 is 5.97 Å². The first-order valence-corrected chi connectivity index (χ1v) is 9.62.